The van der Waals surface area contributed by atoms with Gasteiger partial charge in [-0.15, -0.1) is 0 Å². The van der Waals surface area contributed by atoms with Crippen LogP contribution in [0.25, 0.3) is 0 Å². The Bertz CT molecular complexity index is 485. The molecule has 0 aliphatic carbocycles. The molecular weight excluding hydrogens is 264 g/mol. The summed E-state index contributed by atoms with van der Waals surface area (Å²) in [6.45, 7) is 5.30. The van der Waals surface area contributed by atoms with Crippen LogP contribution in [0.5, 0.6) is 5.75 Å². The Morgan fingerprint density at radius 3 is 2.40 bits per heavy atom. The third-order valence-electron chi connectivity index (χ3n) is 3.90. The molecule has 0 N–H and O–H groups in total. The van der Waals surface area contributed by atoms with Crippen LogP contribution in [0, 0.1) is 13.8 Å². The zero-order valence-corrected chi connectivity index (χ0v) is 12.4. The van der Waals surface area contributed by atoms with Crippen molar-refractivity contribution in [2.75, 3.05) is 20.2 Å². The predicted molar refractivity (Wildman–Crippen MR) is 73.2 cm³/mol. The Kier molecular flexibility index (Phi) is 4.30. The minimum atomic E-state index is -2.79. The Balaban J connectivity index is 2.12. The van der Waals surface area contributed by atoms with E-state index < -0.39 is 6.61 Å². The highest BCUT2D eigenvalue weighted by molar-refractivity contribution is 5.42. The molecule has 20 heavy (non-hydrogen) atoms. The van der Waals surface area contributed by atoms with Crippen molar-refractivity contribution in [3.05, 3.63) is 28.8 Å². The zero-order valence-electron chi connectivity index (χ0n) is 12.4. The molecule has 1 aliphatic rings. The Morgan fingerprint density at radius 1 is 1.25 bits per heavy atom. The molecule has 1 aromatic carbocycles. The molecule has 1 heterocycles. The van der Waals surface area contributed by atoms with E-state index in [1.54, 1.807) is 13.2 Å². The van der Waals surface area contributed by atoms with Gasteiger partial charge in [0, 0.05) is 32.3 Å². The Morgan fingerprint density at radius 2 is 1.85 bits per heavy atom. The number of alkyl halides is 2. The average molecular weight is 285 g/mol. The van der Waals surface area contributed by atoms with Crippen molar-refractivity contribution in [2.45, 2.75) is 39.5 Å². The number of rotatable bonds is 5. The summed E-state index contributed by atoms with van der Waals surface area (Å²) in [4.78, 5) is 2.16. The van der Waals surface area contributed by atoms with Gasteiger partial charge in [-0.3, -0.25) is 4.90 Å². The van der Waals surface area contributed by atoms with Crippen LogP contribution in [0.3, 0.4) is 0 Å². The van der Waals surface area contributed by atoms with Gasteiger partial charge in [0.25, 0.3) is 0 Å². The Hall–Kier alpha value is -1.20. The van der Waals surface area contributed by atoms with Gasteiger partial charge in [0.1, 0.15) is 5.75 Å². The van der Waals surface area contributed by atoms with Gasteiger partial charge in [-0.2, -0.15) is 8.78 Å². The van der Waals surface area contributed by atoms with Crippen LogP contribution >= 0.6 is 0 Å². The fourth-order valence-electron chi connectivity index (χ4n) is 2.56. The fraction of sp³-hybridized carbons (Fsp3) is 0.600. The number of hydrogen-bond donors (Lipinski definition) is 0. The molecule has 5 heteroatoms. The maximum atomic E-state index is 12.5. The molecule has 112 valence electrons. The lowest BCUT2D eigenvalue weighted by Crippen LogP contribution is -2.60. The average Bonchev–Trinajstić information content (AvgIpc) is 2.32. The van der Waals surface area contributed by atoms with Crippen molar-refractivity contribution in [1.29, 1.82) is 0 Å². The van der Waals surface area contributed by atoms with Crippen molar-refractivity contribution in [2.24, 2.45) is 0 Å². The van der Waals surface area contributed by atoms with Crippen LogP contribution in [-0.4, -0.2) is 37.3 Å². The second-order valence-electron chi connectivity index (χ2n) is 5.72. The number of nitrogens with zero attached hydrogens (tertiary/aromatic N) is 1. The van der Waals surface area contributed by atoms with E-state index in [9.17, 15) is 8.78 Å². The van der Waals surface area contributed by atoms with Gasteiger partial charge < -0.3 is 9.47 Å². The summed E-state index contributed by atoms with van der Waals surface area (Å²) >= 11 is 0. The van der Waals surface area contributed by atoms with Crippen LogP contribution in [0.2, 0.25) is 0 Å². The highest BCUT2D eigenvalue weighted by Crippen LogP contribution is 2.30. The lowest BCUT2D eigenvalue weighted by Gasteiger charge is -2.47. The molecule has 1 aromatic rings. The molecule has 1 saturated heterocycles. The standard InChI is InChI=1S/C15H21F2NO2/c1-10-5-12(7-18-8-15(3,9-18)19-4)13(6-11(10)2)20-14(16)17/h5-6,14H,7-9H2,1-4H3. The van der Waals surface area contributed by atoms with Gasteiger partial charge in [0.2, 0.25) is 0 Å². The van der Waals surface area contributed by atoms with E-state index >= 15 is 0 Å². The second kappa shape index (κ2) is 5.66. The first-order chi connectivity index (χ1) is 9.33. The highest BCUT2D eigenvalue weighted by Gasteiger charge is 2.38. The number of hydrogen-bond acceptors (Lipinski definition) is 3. The number of ether oxygens (including phenoxy) is 2. The maximum Gasteiger partial charge on any atom is 0.387 e. The molecule has 0 aromatic heterocycles. The topological polar surface area (TPSA) is 21.7 Å². The summed E-state index contributed by atoms with van der Waals surface area (Å²) < 4.78 is 35.0. The molecule has 1 fully saturated rings. The third-order valence-corrected chi connectivity index (χ3v) is 3.90. The summed E-state index contributed by atoms with van der Waals surface area (Å²) in [6.07, 6.45) is 0. The van der Waals surface area contributed by atoms with Gasteiger partial charge in [0.05, 0.1) is 5.60 Å². The molecule has 0 saturated carbocycles. The number of benzene rings is 1. The molecule has 0 bridgehead atoms. The Labute approximate surface area is 118 Å². The first-order valence-electron chi connectivity index (χ1n) is 6.65. The third kappa shape index (κ3) is 3.27. The molecule has 1 aliphatic heterocycles. The van der Waals surface area contributed by atoms with E-state index in [0.29, 0.717) is 6.54 Å². The van der Waals surface area contributed by atoms with E-state index in [1.165, 1.54) is 0 Å². The van der Waals surface area contributed by atoms with Crippen LogP contribution in [0.1, 0.15) is 23.6 Å². The molecule has 0 spiro atoms. The largest absolute Gasteiger partial charge is 0.434 e. The summed E-state index contributed by atoms with van der Waals surface area (Å²) in [6, 6.07) is 3.61. The number of methoxy groups -OCH3 is 1. The molecule has 0 radical (unpaired) electrons. The summed E-state index contributed by atoms with van der Waals surface area (Å²) in [5.41, 5.74) is 2.71. The van der Waals surface area contributed by atoms with Crippen molar-refractivity contribution >= 4 is 0 Å². The molecule has 3 nitrogen and oxygen atoms in total. The summed E-state index contributed by atoms with van der Waals surface area (Å²) in [5.74, 6) is 0.272. The van der Waals surface area contributed by atoms with Crippen LogP contribution < -0.4 is 4.74 Å². The maximum absolute atomic E-state index is 12.5. The van der Waals surface area contributed by atoms with Gasteiger partial charge in [-0.05, 0) is 38.0 Å². The highest BCUT2D eigenvalue weighted by atomic mass is 19.3. The zero-order chi connectivity index (χ0) is 14.9. The van der Waals surface area contributed by atoms with Crippen molar-refractivity contribution in [3.8, 4) is 5.75 Å². The van der Waals surface area contributed by atoms with Crippen molar-refractivity contribution < 1.29 is 18.3 Å². The first-order valence-corrected chi connectivity index (χ1v) is 6.65. The molecular formula is C15H21F2NO2. The predicted octanol–water partition coefficient (Wildman–Crippen LogP) is 3.13. The van der Waals surface area contributed by atoms with Gasteiger partial charge in [0.15, 0.2) is 0 Å². The lowest BCUT2D eigenvalue weighted by atomic mass is 9.95. The van der Waals surface area contributed by atoms with Gasteiger partial charge >= 0.3 is 6.61 Å². The molecule has 0 unspecified atom stereocenters. The minimum absolute atomic E-state index is 0.122. The van der Waals surface area contributed by atoms with Crippen LogP contribution in [0.4, 0.5) is 8.78 Å². The van der Waals surface area contributed by atoms with Crippen molar-refractivity contribution in [3.63, 3.8) is 0 Å². The van der Waals surface area contributed by atoms with Crippen LogP contribution in [0.15, 0.2) is 12.1 Å². The second-order valence-corrected chi connectivity index (χ2v) is 5.72. The molecule has 2 rings (SSSR count). The SMILES string of the molecule is COC1(C)CN(Cc2cc(C)c(C)cc2OC(F)F)C1. The number of likely N-dealkylation sites (tertiary alicyclic amines) is 1. The van der Waals surface area contributed by atoms with E-state index in [4.69, 9.17) is 4.74 Å². The minimum Gasteiger partial charge on any atom is -0.434 e. The fourth-order valence-corrected chi connectivity index (χ4v) is 2.56. The van der Waals surface area contributed by atoms with Gasteiger partial charge in [-0.25, -0.2) is 0 Å². The molecule has 0 atom stereocenters. The first kappa shape index (κ1) is 15.2. The van der Waals surface area contributed by atoms with E-state index in [0.717, 1.165) is 29.8 Å². The summed E-state index contributed by atoms with van der Waals surface area (Å²) in [7, 11) is 1.69. The van der Waals surface area contributed by atoms with Crippen molar-refractivity contribution in [1.82, 2.24) is 4.90 Å². The van der Waals surface area contributed by atoms with E-state index in [2.05, 4.69) is 9.64 Å². The van der Waals surface area contributed by atoms with Crippen LogP contribution in [-0.2, 0) is 11.3 Å². The lowest BCUT2D eigenvalue weighted by molar-refractivity contribution is -0.115. The number of aryl methyl sites for hydroxylation is 2. The van der Waals surface area contributed by atoms with Gasteiger partial charge in [-0.1, -0.05) is 6.07 Å². The number of halogens is 2. The monoisotopic (exact) mass is 285 g/mol. The molecule has 0 amide bonds. The normalized spacial score (nSPS) is 18.1. The van der Waals surface area contributed by atoms with E-state index in [1.807, 2.05) is 26.8 Å². The summed E-state index contributed by atoms with van der Waals surface area (Å²) in [5, 5.41) is 0. The van der Waals surface area contributed by atoms with E-state index in [-0.39, 0.29) is 11.4 Å². The smallest absolute Gasteiger partial charge is 0.387 e. The quantitative estimate of drug-likeness (QED) is 0.829.